The van der Waals surface area contributed by atoms with E-state index in [2.05, 4.69) is 10.3 Å². The molecule has 6 rings (SSSR count). The molecule has 3 aliphatic rings. The van der Waals surface area contributed by atoms with Crippen molar-refractivity contribution in [2.75, 3.05) is 4.31 Å². The van der Waals surface area contributed by atoms with Crippen molar-refractivity contribution in [1.82, 2.24) is 10.3 Å². The van der Waals surface area contributed by atoms with Crippen LogP contribution in [0.15, 0.2) is 59.6 Å². The zero-order valence-electron chi connectivity index (χ0n) is 23.0. The SMILES string of the molecule is O=C(NCc1ncc(F)cc1Cl)c1ccc2c(c1)C1(CCC(O)(C(F)(F)F)CC1)C(C1CC1)N2S(=O)(=O)c1ccc(F)cc1. The molecule has 1 atom stereocenters. The number of aromatic nitrogens is 1. The van der Waals surface area contributed by atoms with Gasteiger partial charge in [-0.15, -0.1) is 0 Å². The number of aliphatic hydroxyl groups is 1. The second kappa shape index (κ2) is 10.7. The van der Waals surface area contributed by atoms with Gasteiger partial charge >= 0.3 is 6.18 Å². The minimum Gasteiger partial charge on any atom is -0.380 e. The van der Waals surface area contributed by atoms with Gasteiger partial charge < -0.3 is 10.4 Å². The van der Waals surface area contributed by atoms with Crippen LogP contribution in [0.3, 0.4) is 0 Å². The Morgan fingerprint density at radius 1 is 1.02 bits per heavy atom. The number of fused-ring (bicyclic) bond motifs is 2. The minimum absolute atomic E-state index is 0.00600. The van der Waals surface area contributed by atoms with E-state index in [0.29, 0.717) is 18.4 Å². The molecule has 0 bridgehead atoms. The normalized spacial score (nSPS) is 25.2. The van der Waals surface area contributed by atoms with Crippen molar-refractivity contribution in [2.24, 2.45) is 5.92 Å². The summed E-state index contributed by atoms with van der Waals surface area (Å²) in [6.07, 6.45) is -4.26. The summed E-state index contributed by atoms with van der Waals surface area (Å²) in [5.41, 5.74) is -3.10. The second-order valence-corrected chi connectivity index (χ2v) is 13.9. The number of pyridine rings is 1. The predicted octanol–water partition coefficient (Wildman–Crippen LogP) is 6.04. The van der Waals surface area contributed by atoms with Crippen molar-refractivity contribution in [3.05, 3.63) is 88.2 Å². The maximum Gasteiger partial charge on any atom is 0.417 e. The van der Waals surface area contributed by atoms with Crippen molar-refractivity contribution in [1.29, 1.82) is 0 Å². The number of anilines is 1. The van der Waals surface area contributed by atoms with Gasteiger partial charge in [-0.1, -0.05) is 11.6 Å². The summed E-state index contributed by atoms with van der Waals surface area (Å²) in [5.74, 6) is -2.04. The summed E-state index contributed by atoms with van der Waals surface area (Å²) in [4.78, 5) is 16.9. The summed E-state index contributed by atoms with van der Waals surface area (Å²) >= 11 is 6.02. The molecule has 14 heteroatoms. The van der Waals surface area contributed by atoms with E-state index in [9.17, 15) is 40.3 Å². The number of hydrogen-bond acceptors (Lipinski definition) is 5. The van der Waals surface area contributed by atoms with Crippen molar-refractivity contribution in [3.63, 3.8) is 0 Å². The number of nitrogens with one attached hydrogen (secondary N) is 1. The van der Waals surface area contributed by atoms with E-state index in [4.69, 9.17) is 11.6 Å². The van der Waals surface area contributed by atoms with Crippen LogP contribution < -0.4 is 9.62 Å². The number of halogens is 6. The first-order valence-corrected chi connectivity index (χ1v) is 15.8. The predicted molar refractivity (Wildman–Crippen MR) is 151 cm³/mol. The Morgan fingerprint density at radius 3 is 2.27 bits per heavy atom. The van der Waals surface area contributed by atoms with Gasteiger partial charge in [-0.2, -0.15) is 13.2 Å². The van der Waals surface area contributed by atoms with Crippen LogP contribution in [-0.2, 0) is 22.0 Å². The van der Waals surface area contributed by atoms with Crippen LogP contribution >= 0.6 is 11.6 Å². The summed E-state index contributed by atoms with van der Waals surface area (Å²) in [6.45, 7) is -0.144. The fourth-order valence-corrected chi connectivity index (χ4v) is 8.67. The lowest BCUT2D eigenvalue weighted by Gasteiger charge is -2.47. The van der Waals surface area contributed by atoms with Gasteiger partial charge in [-0.25, -0.2) is 17.2 Å². The summed E-state index contributed by atoms with van der Waals surface area (Å²) in [6, 6.07) is 8.97. The number of hydrogen-bond donors (Lipinski definition) is 2. The molecule has 1 spiro atoms. The van der Waals surface area contributed by atoms with Gasteiger partial charge in [-0.05, 0) is 98.5 Å². The molecule has 2 heterocycles. The van der Waals surface area contributed by atoms with Crippen LogP contribution in [0.2, 0.25) is 5.02 Å². The first-order valence-electron chi connectivity index (χ1n) is 14.0. The molecule has 44 heavy (non-hydrogen) atoms. The summed E-state index contributed by atoms with van der Waals surface area (Å²) in [5, 5.41) is 13.2. The minimum atomic E-state index is -4.87. The molecule has 2 fully saturated rings. The van der Waals surface area contributed by atoms with Gasteiger partial charge in [0.2, 0.25) is 0 Å². The lowest BCUT2D eigenvalue weighted by atomic mass is 9.61. The van der Waals surface area contributed by atoms with Crippen molar-refractivity contribution in [2.45, 2.75) is 73.2 Å². The molecule has 2 N–H and O–H groups in total. The molecule has 1 aromatic heterocycles. The lowest BCUT2D eigenvalue weighted by Crippen LogP contribution is -2.56. The van der Waals surface area contributed by atoms with E-state index in [1.165, 1.54) is 22.5 Å². The van der Waals surface area contributed by atoms with Crippen LogP contribution in [-0.4, -0.2) is 42.2 Å². The van der Waals surface area contributed by atoms with Crippen LogP contribution in [0.25, 0.3) is 0 Å². The smallest absolute Gasteiger partial charge is 0.380 e. The number of rotatable bonds is 6. The van der Waals surface area contributed by atoms with E-state index in [1.807, 2.05) is 0 Å². The van der Waals surface area contributed by atoms with Crippen LogP contribution in [0.4, 0.5) is 27.6 Å². The number of carbonyl (C=O) groups is 1. The molecule has 1 aliphatic heterocycles. The molecule has 0 saturated heterocycles. The first-order chi connectivity index (χ1) is 20.7. The lowest BCUT2D eigenvalue weighted by molar-refractivity contribution is -0.273. The van der Waals surface area contributed by atoms with Crippen molar-refractivity contribution < 1.29 is 40.3 Å². The van der Waals surface area contributed by atoms with Gasteiger partial charge in [-0.3, -0.25) is 14.1 Å². The highest BCUT2D eigenvalue weighted by Gasteiger charge is 2.65. The van der Waals surface area contributed by atoms with Crippen LogP contribution in [0.1, 0.15) is 60.1 Å². The standard InChI is InChI=1S/C30H27ClF5N3O4S/c31-23-14-20(33)15-37-24(23)16-38-27(40)18-3-8-25-22(13-18)28(9-11-29(41,12-10-28)30(34,35)36)26(17-1-2-17)39(25)44(42,43)21-6-4-19(32)5-7-21/h3-8,13-15,17,26,41H,1-2,9-12,16H2,(H,38,40). The number of nitrogens with zero attached hydrogens (tertiary/aromatic N) is 2. The average molecular weight is 656 g/mol. The van der Waals surface area contributed by atoms with E-state index in [1.54, 1.807) is 0 Å². The highest BCUT2D eigenvalue weighted by atomic mass is 35.5. The number of sulfonamides is 1. The Bertz CT molecular complexity index is 1720. The molecule has 0 radical (unpaired) electrons. The number of benzene rings is 2. The quantitative estimate of drug-likeness (QED) is 0.316. The van der Waals surface area contributed by atoms with E-state index in [0.717, 1.165) is 36.5 Å². The van der Waals surface area contributed by atoms with Gasteiger partial charge in [0.15, 0.2) is 5.60 Å². The molecular weight excluding hydrogens is 629 g/mol. The molecule has 2 aliphatic carbocycles. The Balaban J connectivity index is 1.42. The third-order valence-electron chi connectivity index (χ3n) is 9.09. The molecular formula is C30H27ClF5N3O4S. The average Bonchev–Trinajstić information content (AvgIpc) is 3.76. The van der Waals surface area contributed by atoms with E-state index >= 15 is 0 Å². The van der Waals surface area contributed by atoms with E-state index < -0.39 is 63.6 Å². The summed E-state index contributed by atoms with van der Waals surface area (Å²) in [7, 11) is -4.32. The fourth-order valence-electron chi connectivity index (χ4n) is 6.65. The molecule has 1 amide bonds. The van der Waals surface area contributed by atoms with Crippen molar-refractivity contribution in [3.8, 4) is 0 Å². The highest BCUT2D eigenvalue weighted by Crippen LogP contribution is 2.62. The fraction of sp³-hybridized carbons (Fsp3) is 0.400. The third kappa shape index (κ3) is 5.12. The van der Waals surface area contributed by atoms with Gasteiger partial charge in [0.05, 0.1) is 40.1 Å². The van der Waals surface area contributed by atoms with Gasteiger partial charge in [0.1, 0.15) is 11.6 Å². The Morgan fingerprint density at radius 2 is 1.68 bits per heavy atom. The monoisotopic (exact) mass is 655 g/mol. The first kappa shape index (κ1) is 30.7. The Kier molecular flexibility index (Phi) is 7.44. The van der Waals surface area contributed by atoms with E-state index in [-0.39, 0.29) is 52.2 Å². The topological polar surface area (TPSA) is 99.6 Å². The second-order valence-electron chi connectivity index (χ2n) is 11.7. The molecule has 7 nitrogen and oxygen atoms in total. The van der Waals surface area contributed by atoms with Crippen LogP contribution in [0, 0.1) is 17.6 Å². The summed E-state index contributed by atoms with van der Waals surface area (Å²) < 4.78 is 98.2. The number of amides is 1. The maximum atomic E-state index is 14.1. The van der Waals surface area contributed by atoms with Gasteiger partial charge in [0.25, 0.3) is 15.9 Å². The molecule has 1 unspecified atom stereocenters. The molecule has 2 aromatic carbocycles. The van der Waals surface area contributed by atoms with Gasteiger partial charge in [0, 0.05) is 11.0 Å². The molecule has 3 aromatic rings. The molecule has 2 saturated carbocycles. The molecule has 234 valence electrons. The largest absolute Gasteiger partial charge is 0.417 e. The zero-order chi connectivity index (χ0) is 31.7. The van der Waals surface area contributed by atoms with Crippen LogP contribution in [0.5, 0.6) is 0 Å². The Hall–Kier alpha value is -3.29. The Labute approximate surface area is 255 Å². The number of alkyl halides is 3. The third-order valence-corrected chi connectivity index (χ3v) is 11.2. The van der Waals surface area contributed by atoms with Crippen molar-refractivity contribution >= 4 is 33.2 Å². The number of carbonyl (C=O) groups excluding carboxylic acids is 1. The highest BCUT2D eigenvalue weighted by molar-refractivity contribution is 7.92. The zero-order valence-corrected chi connectivity index (χ0v) is 24.6. The maximum absolute atomic E-state index is 14.1.